The molecule has 1 aliphatic heterocycles. The van der Waals surface area contributed by atoms with Crippen LogP contribution in [0, 0.1) is 11.6 Å². The van der Waals surface area contributed by atoms with Crippen LogP contribution in [0.5, 0.6) is 0 Å². The van der Waals surface area contributed by atoms with E-state index < -0.39 is 17.2 Å². The molecule has 1 heterocycles. The van der Waals surface area contributed by atoms with E-state index >= 15 is 0 Å². The quantitative estimate of drug-likeness (QED) is 0.888. The SMILES string of the molecule is CC1(c2ccccc2)CC(c2cc(F)ccc2F)=NN1. The molecule has 0 spiro atoms. The highest BCUT2D eigenvalue weighted by Crippen LogP contribution is 2.31. The summed E-state index contributed by atoms with van der Waals surface area (Å²) in [6.45, 7) is 2.00. The Balaban J connectivity index is 1.91. The predicted octanol–water partition coefficient (Wildman–Crippen LogP) is 3.58. The first-order valence-electron chi connectivity index (χ1n) is 6.43. The van der Waals surface area contributed by atoms with Gasteiger partial charge in [0.2, 0.25) is 0 Å². The first-order valence-corrected chi connectivity index (χ1v) is 6.43. The van der Waals surface area contributed by atoms with Crippen LogP contribution in [-0.4, -0.2) is 5.71 Å². The van der Waals surface area contributed by atoms with Gasteiger partial charge in [-0.25, -0.2) is 8.78 Å². The smallest absolute Gasteiger partial charge is 0.132 e. The Hall–Kier alpha value is -2.23. The number of hydrogen-bond acceptors (Lipinski definition) is 2. The summed E-state index contributed by atoms with van der Waals surface area (Å²) in [5, 5.41) is 4.20. The molecule has 20 heavy (non-hydrogen) atoms. The molecule has 0 amide bonds. The van der Waals surface area contributed by atoms with Gasteiger partial charge in [0, 0.05) is 12.0 Å². The number of hydrogen-bond donors (Lipinski definition) is 1. The van der Waals surface area contributed by atoms with Crippen molar-refractivity contribution in [2.75, 3.05) is 0 Å². The maximum absolute atomic E-state index is 13.8. The lowest BCUT2D eigenvalue weighted by atomic mass is 9.87. The predicted molar refractivity (Wildman–Crippen MR) is 74.4 cm³/mol. The van der Waals surface area contributed by atoms with E-state index in [1.807, 2.05) is 37.3 Å². The first-order chi connectivity index (χ1) is 9.58. The highest BCUT2D eigenvalue weighted by molar-refractivity contribution is 6.02. The Bertz CT molecular complexity index is 667. The molecule has 2 aromatic carbocycles. The second kappa shape index (κ2) is 4.71. The number of nitrogens with zero attached hydrogens (tertiary/aromatic N) is 1. The summed E-state index contributed by atoms with van der Waals surface area (Å²) in [6.07, 6.45) is 0.511. The summed E-state index contributed by atoms with van der Waals surface area (Å²) in [4.78, 5) is 0. The van der Waals surface area contributed by atoms with Crippen LogP contribution in [0.15, 0.2) is 53.6 Å². The van der Waals surface area contributed by atoms with Crippen molar-refractivity contribution < 1.29 is 8.78 Å². The number of halogens is 2. The van der Waals surface area contributed by atoms with Crippen LogP contribution in [0.3, 0.4) is 0 Å². The summed E-state index contributed by atoms with van der Waals surface area (Å²) in [6, 6.07) is 13.2. The lowest BCUT2D eigenvalue weighted by Crippen LogP contribution is -2.32. The van der Waals surface area contributed by atoms with Crippen LogP contribution in [0.25, 0.3) is 0 Å². The second-order valence-electron chi connectivity index (χ2n) is 5.17. The zero-order valence-electron chi connectivity index (χ0n) is 11.0. The van der Waals surface area contributed by atoms with E-state index in [1.165, 1.54) is 6.07 Å². The van der Waals surface area contributed by atoms with Crippen LogP contribution in [0.1, 0.15) is 24.5 Å². The molecule has 0 bridgehead atoms. The minimum Gasteiger partial charge on any atom is -0.299 e. The highest BCUT2D eigenvalue weighted by atomic mass is 19.1. The average Bonchev–Trinajstić information content (AvgIpc) is 2.86. The summed E-state index contributed by atoms with van der Waals surface area (Å²) in [7, 11) is 0. The van der Waals surface area contributed by atoms with E-state index in [4.69, 9.17) is 0 Å². The average molecular weight is 272 g/mol. The second-order valence-corrected chi connectivity index (χ2v) is 5.17. The summed E-state index contributed by atoms with van der Waals surface area (Å²) >= 11 is 0. The van der Waals surface area contributed by atoms with Crippen molar-refractivity contribution in [3.8, 4) is 0 Å². The fourth-order valence-corrected chi connectivity index (χ4v) is 2.45. The molecule has 0 aromatic heterocycles. The van der Waals surface area contributed by atoms with Gasteiger partial charge in [0.15, 0.2) is 0 Å². The molecule has 0 radical (unpaired) electrons. The molecule has 102 valence electrons. The van der Waals surface area contributed by atoms with Crippen molar-refractivity contribution in [1.82, 2.24) is 5.43 Å². The van der Waals surface area contributed by atoms with E-state index in [1.54, 1.807) is 0 Å². The normalized spacial score (nSPS) is 21.4. The third-order valence-corrected chi connectivity index (χ3v) is 3.61. The van der Waals surface area contributed by atoms with Crippen molar-refractivity contribution in [3.05, 3.63) is 71.3 Å². The minimum atomic E-state index is -0.461. The van der Waals surface area contributed by atoms with Crippen molar-refractivity contribution in [3.63, 3.8) is 0 Å². The standard InChI is InChI=1S/C16H14F2N2/c1-16(11-5-3-2-4-6-11)10-15(19-20-16)13-9-12(17)7-8-14(13)18/h2-9,20H,10H2,1H3. The van der Waals surface area contributed by atoms with E-state index in [0.29, 0.717) is 12.1 Å². The van der Waals surface area contributed by atoms with Crippen LogP contribution < -0.4 is 5.43 Å². The molecule has 0 saturated heterocycles. The van der Waals surface area contributed by atoms with Gasteiger partial charge in [-0.05, 0) is 30.7 Å². The fourth-order valence-electron chi connectivity index (χ4n) is 2.45. The molecular formula is C16H14F2N2. The third-order valence-electron chi connectivity index (χ3n) is 3.61. The lowest BCUT2D eigenvalue weighted by molar-refractivity contribution is 0.421. The van der Waals surface area contributed by atoms with Crippen molar-refractivity contribution in [2.45, 2.75) is 18.9 Å². The van der Waals surface area contributed by atoms with E-state index in [0.717, 1.165) is 17.7 Å². The van der Waals surface area contributed by atoms with Gasteiger partial charge in [0.05, 0.1) is 11.3 Å². The highest BCUT2D eigenvalue weighted by Gasteiger charge is 2.34. The summed E-state index contributed by atoms with van der Waals surface area (Å²) in [5.41, 5.74) is 4.47. The van der Waals surface area contributed by atoms with Gasteiger partial charge < -0.3 is 0 Å². The Morgan fingerprint density at radius 2 is 1.85 bits per heavy atom. The van der Waals surface area contributed by atoms with Gasteiger partial charge in [0.1, 0.15) is 11.6 Å². The molecule has 1 atom stereocenters. The molecule has 4 heteroatoms. The van der Waals surface area contributed by atoms with Gasteiger partial charge in [-0.1, -0.05) is 30.3 Å². The van der Waals surface area contributed by atoms with Gasteiger partial charge in [-0.2, -0.15) is 5.10 Å². The Kier molecular flexibility index (Phi) is 3.01. The monoisotopic (exact) mass is 272 g/mol. The molecule has 2 aromatic rings. The van der Waals surface area contributed by atoms with Crippen LogP contribution in [-0.2, 0) is 5.54 Å². The fraction of sp³-hybridized carbons (Fsp3) is 0.188. The summed E-state index contributed by atoms with van der Waals surface area (Å²) in [5.74, 6) is -0.915. The summed E-state index contributed by atoms with van der Waals surface area (Å²) < 4.78 is 27.1. The Labute approximate surface area is 116 Å². The van der Waals surface area contributed by atoms with Crippen LogP contribution in [0.2, 0.25) is 0 Å². The molecule has 1 unspecified atom stereocenters. The zero-order valence-corrected chi connectivity index (χ0v) is 11.0. The number of benzene rings is 2. The zero-order chi connectivity index (χ0) is 14.2. The van der Waals surface area contributed by atoms with Gasteiger partial charge >= 0.3 is 0 Å². The third kappa shape index (κ3) is 2.18. The molecule has 1 aliphatic rings. The van der Waals surface area contributed by atoms with E-state index in [9.17, 15) is 8.78 Å². The lowest BCUT2D eigenvalue weighted by Gasteiger charge is -2.24. The maximum atomic E-state index is 13.8. The molecular weight excluding hydrogens is 258 g/mol. The molecule has 1 N–H and O–H groups in total. The van der Waals surface area contributed by atoms with Crippen molar-refractivity contribution in [2.24, 2.45) is 5.10 Å². The molecule has 2 nitrogen and oxygen atoms in total. The molecule has 0 saturated carbocycles. The van der Waals surface area contributed by atoms with Crippen LogP contribution >= 0.6 is 0 Å². The van der Waals surface area contributed by atoms with Crippen LogP contribution in [0.4, 0.5) is 8.78 Å². The first kappa shape index (κ1) is 12.8. The topological polar surface area (TPSA) is 24.4 Å². The van der Waals surface area contributed by atoms with Gasteiger partial charge in [-0.3, -0.25) is 5.43 Å². The Morgan fingerprint density at radius 3 is 2.60 bits per heavy atom. The number of nitrogens with one attached hydrogen (secondary N) is 1. The van der Waals surface area contributed by atoms with Gasteiger partial charge in [-0.15, -0.1) is 0 Å². The molecule has 0 fully saturated rings. The molecule has 3 rings (SSSR count). The molecule has 0 aliphatic carbocycles. The van der Waals surface area contributed by atoms with Gasteiger partial charge in [0.25, 0.3) is 0 Å². The van der Waals surface area contributed by atoms with Crippen molar-refractivity contribution in [1.29, 1.82) is 0 Å². The maximum Gasteiger partial charge on any atom is 0.132 e. The van der Waals surface area contributed by atoms with E-state index in [-0.39, 0.29) is 5.56 Å². The minimum absolute atomic E-state index is 0.220. The Morgan fingerprint density at radius 1 is 1.10 bits per heavy atom. The number of hydrazone groups is 1. The van der Waals surface area contributed by atoms with E-state index in [2.05, 4.69) is 10.5 Å². The van der Waals surface area contributed by atoms with Crippen molar-refractivity contribution >= 4 is 5.71 Å². The largest absolute Gasteiger partial charge is 0.299 e. The number of rotatable bonds is 2.